The zero-order valence-corrected chi connectivity index (χ0v) is 13.8. The van der Waals surface area contributed by atoms with Crippen LogP contribution in [-0.2, 0) is 10.0 Å². The van der Waals surface area contributed by atoms with Crippen molar-refractivity contribution in [3.05, 3.63) is 18.3 Å². The molecule has 2 heterocycles. The number of rotatable bonds is 5. The van der Waals surface area contributed by atoms with Crippen LogP contribution in [0.1, 0.15) is 13.8 Å². The quantitative estimate of drug-likeness (QED) is 0.807. The van der Waals surface area contributed by atoms with Crippen molar-refractivity contribution in [2.24, 2.45) is 0 Å². The predicted octanol–water partition coefficient (Wildman–Crippen LogP) is 0.864. The summed E-state index contributed by atoms with van der Waals surface area (Å²) in [5.41, 5.74) is 0. The molecule has 7 heteroatoms. The van der Waals surface area contributed by atoms with E-state index in [9.17, 15) is 8.42 Å². The molecule has 118 valence electrons. The number of hydrogen-bond acceptors (Lipinski definition) is 5. The van der Waals surface area contributed by atoms with E-state index in [-0.39, 0.29) is 4.90 Å². The first kappa shape index (κ1) is 16.2. The van der Waals surface area contributed by atoms with Gasteiger partial charge in [0.25, 0.3) is 0 Å². The maximum atomic E-state index is 12.6. The Labute approximate surface area is 127 Å². The van der Waals surface area contributed by atoms with Crippen LogP contribution in [0, 0.1) is 0 Å². The van der Waals surface area contributed by atoms with Gasteiger partial charge in [0.1, 0.15) is 10.7 Å². The summed E-state index contributed by atoms with van der Waals surface area (Å²) >= 11 is 0. The van der Waals surface area contributed by atoms with Crippen LogP contribution in [0.2, 0.25) is 0 Å². The first-order valence-electron chi connectivity index (χ1n) is 7.38. The summed E-state index contributed by atoms with van der Waals surface area (Å²) in [4.78, 5) is 8.81. The number of piperazine rings is 1. The number of hydrogen-bond donors (Lipinski definition) is 0. The molecule has 0 spiro atoms. The number of nitrogens with zero attached hydrogens (tertiary/aromatic N) is 4. The molecule has 0 saturated carbocycles. The van der Waals surface area contributed by atoms with Gasteiger partial charge < -0.3 is 9.80 Å². The van der Waals surface area contributed by atoms with E-state index in [4.69, 9.17) is 0 Å². The second-order valence-electron chi connectivity index (χ2n) is 5.23. The molecule has 0 atom stereocenters. The Morgan fingerprint density at radius 3 is 2.24 bits per heavy atom. The van der Waals surface area contributed by atoms with Crippen LogP contribution >= 0.6 is 0 Å². The molecule has 2 rings (SSSR count). The lowest BCUT2D eigenvalue weighted by molar-refractivity contribution is 0.222. The van der Waals surface area contributed by atoms with Crippen molar-refractivity contribution in [1.29, 1.82) is 0 Å². The summed E-state index contributed by atoms with van der Waals surface area (Å²) in [5.74, 6) is 0.817. The van der Waals surface area contributed by atoms with E-state index in [1.807, 2.05) is 7.05 Å². The molecule has 0 aromatic carbocycles. The molecule has 0 radical (unpaired) electrons. The highest BCUT2D eigenvalue weighted by molar-refractivity contribution is 7.89. The van der Waals surface area contributed by atoms with Crippen molar-refractivity contribution >= 4 is 15.8 Å². The molecule has 1 saturated heterocycles. The molecule has 1 aromatic rings. The average Bonchev–Trinajstić information content (AvgIpc) is 2.49. The van der Waals surface area contributed by atoms with Gasteiger partial charge in [-0.15, -0.1) is 0 Å². The summed E-state index contributed by atoms with van der Waals surface area (Å²) < 4.78 is 26.7. The van der Waals surface area contributed by atoms with Gasteiger partial charge in [-0.2, -0.15) is 4.31 Å². The summed E-state index contributed by atoms with van der Waals surface area (Å²) in [7, 11) is -1.41. The van der Waals surface area contributed by atoms with Crippen LogP contribution in [0.3, 0.4) is 0 Å². The zero-order chi connectivity index (χ0) is 15.5. The molecule has 0 aliphatic carbocycles. The highest BCUT2D eigenvalue weighted by atomic mass is 32.2. The van der Waals surface area contributed by atoms with Crippen LogP contribution in [0.4, 0.5) is 5.82 Å². The summed E-state index contributed by atoms with van der Waals surface area (Å²) in [6.45, 7) is 8.43. The van der Waals surface area contributed by atoms with Gasteiger partial charge in [0, 0.05) is 45.5 Å². The smallest absolute Gasteiger partial charge is 0.244 e. The van der Waals surface area contributed by atoms with E-state index in [2.05, 4.69) is 28.6 Å². The molecule has 6 nitrogen and oxygen atoms in total. The number of sulfonamides is 1. The predicted molar refractivity (Wildman–Crippen MR) is 84.1 cm³/mol. The maximum Gasteiger partial charge on any atom is 0.244 e. The van der Waals surface area contributed by atoms with Gasteiger partial charge in [-0.25, -0.2) is 13.4 Å². The molecular formula is C14H24N4O2S. The molecule has 0 bridgehead atoms. The van der Waals surface area contributed by atoms with Gasteiger partial charge in [-0.3, -0.25) is 0 Å². The van der Waals surface area contributed by atoms with Crippen LogP contribution in [0.15, 0.2) is 23.2 Å². The van der Waals surface area contributed by atoms with Gasteiger partial charge in [-0.1, -0.05) is 0 Å². The first-order valence-corrected chi connectivity index (χ1v) is 8.82. The Bertz CT molecular complexity index is 547. The Morgan fingerprint density at radius 2 is 1.76 bits per heavy atom. The molecule has 1 aliphatic heterocycles. The summed E-state index contributed by atoms with van der Waals surface area (Å²) in [5, 5.41) is 0. The Hall–Kier alpha value is -1.18. The third-order valence-corrected chi connectivity index (χ3v) is 5.79. The van der Waals surface area contributed by atoms with Crippen molar-refractivity contribution in [2.75, 3.05) is 51.2 Å². The van der Waals surface area contributed by atoms with Crippen LogP contribution in [0.25, 0.3) is 0 Å². The lowest BCUT2D eigenvalue weighted by atomic mass is 10.4. The van der Waals surface area contributed by atoms with Crippen LogP contribution in [-0.4, -0.2) is 68.9 Å². The molecule has 0 N–H and O–H groups in total. The number of likely N-dealkylation sites (N-methyl/N-ethyl adjacent to an activating group) is 1. The molecule has 1 fully saturated rings. The molecule has 21 heavy (non-hydrogen) atoms. The van der Waals surface area contributed by atoms with Crippen molar-refractivity contribution in [2.45, 2.75) is 18.7 Å². The molecule has 0 amide bonds. The summed E-state index contributed by atoms with van der Waals surface area (Å²) in [6.07, 6.45) is 1.47. The average molecular weight is 312 g/mol. The van der Waals surface area contributed by atoms with Gasteiger partial charge in [-0.05, 0) is 33.0 Å². The van der Waals surface area contributed by atoms with E-state index in [1.54, 1.807) is 16.4 Å². The fourth-order valence-corrected chi connectivity index (χ4v) is 3.81. The lowest BCUT2D eigenvalue weighted by Gasteiger charge is -2.31. The standard InChI is InChI=1S/C14H24N4O2S/c1-4-17(5-2)14-7-6-13(12-15-14)21(19,20)18-10-8-16(3)9-11-18/h6-7,12H,4-5,8-11H2,1-3H3. The monoisotopic (exact) mass is 312 g/mol. The summed E-state index contributed by atoms with van der Waals surface area (Å²) in [6, 6.07) is 3.45. The third-order valence-electron chi connectivity index (χ3n) is 3.91. The van der Waals surface area contributed by atoms with Crippen molar-refractivity contribution in [3.8, 4) is 0 Å². The van der Waals surface area contributed by atoms with Crippen molar-refractivity contribution in [1.82, 2.24) is 14.2 Å². The second kappa shape index (κ2) is 6.72. The minimum absolute atomic E-state index is 0.281. The fraction of sp³-hybridized carbons (Fsp3) is 0.643. The Balaban J connectivity index is 2.17. The van der Waals surface area contributed by atoms with Gasteiger partial charge in [0.05, 0.1) is 0 Å². The fourth-order valence-electron chi connectivity index (χ4n) is 2.44. The number of pyridine rings is 1. The van der Waals surface area contributed by atoms with E-state index in [0.29, 0.717) is 13.1 Å². The van der Waals surface area contributed by atoms with E-state index >= 15 is 0 Å². The lowest BCUT2D eigenvalue weighted by Crippen LogP contribution is -2.47. The SMILES string of the molecule is CCN(CC)c1ccc(S(=O)(=O)N2CCN(C)CC2)cn1. The number of aromatic nitrogens is 1. The maximum absolute atomic E-state index is 12.6. The first-order chi connectivity index (χ1) is 9.98. The van der Waals surface area contributed by atoms with Crippen molar-refractivity contribution in [3.63, 3.8) is 0 Å². The third kappa shape index (κ3) is 3.53. The molecular weight excluding hydrogens is 288 g/mol. The highest BCUT2D eigenvalue weighted by Crippen LogP contribution is 2.19. The largest absolute Gasteiger partial charge is 0.357 e. The van der Waals surface area contributed by atoms with E-state index < -0.39 is 10.0 Å². The highest BCUT2D eigenvalue weighted by Gasteiger charge is 2.27. The van der Waals surface area contributed by atoms with Crippen molar-refractivity contribution < 1.29 is 8.42 Å². The van der Waals surface area contributed by atoms with Gasteiger partial charge in [0.15, 0.2) is 0 Å². The minimum atomic E-state index is -3.42. The van der Waals surface area contributed by atoms with Crippen LogP contribution < -0.4 is 4.90 Å². The topological polar surface area (TPSA) is 56.8 Å². The van der Waals surface area contributed by atoms with E-state index in [0.717, 1.165) is 32.0 Å². The van der Waals surface area contributed by atoms with Gasteiger partial charge >= 0.3 is 0 Å². The number of anilines is 1. The Morgan fingerprint density at radius 1 is 1.14 bits per heavy atom. The van der Waals surface area contributed by atoms with Crippen LogP contribution in [0.5, 0.6) is 0 Å². The minimum Gasteiger partial charge on any atom is -0.357 e. The second-order valence-corrected chi connectivity index (χ2v) is 7.17. The Kier molecular flexibility index (Phi) is 5.18. The molecule has 0 unspecified atom stereocenters. The van der Waals surface area contributed by atoms with E-state index in [1.165, 1.54) is 6.20 Å². The van der Waals surface area contributed by atoms with Gasteiger partial charge in [0.2, 0.25) is 10.0 Å². The normalized spacial score (nSPS) is 17.9. The molecule has 1 aliphatic rings. The zero-order valence-electron chi connectivity index (χ0n) is 13.0. The molecule has 1 aromatic heterocycles.